The predicted octanol–water partition coefficient (Wildman–Crippen LogP) is 2.36. The van der Waals surface area contributed by atoms with Crippen molar-refractivity contribution in [1.82, 2.24) is 10.6 Å². The summed E-state index contributed by atoms with van der Waals surface area (Å²) in [5, 5.41) is 6.23. The molecular formula is C16H23FN2O. The normalized spacial score (nSPS) is 16.5. The zero-order valence-corrected chi connectivity index (χ0v) is 12.0. The SMILES string of the molecule is CCCNCCNC(=O)C1(c2cccc(F)c2)CCC1. The number of amides is 1. The molecule has 20 heavy (non-hydrogen) atoms. The first-order chi connectivity index (χ1) is 9.69. The van der Waals surface area contributed by atoms with E-state index in [1.165, 1.54) is 12.1 Å². The molecule has 0 spiro atoms. The summed E-state index contributed by atoms with van der Waals surface area (Å²) in [5.41, 5.74) is 0.301. The van der Waals surface area contributed by atoms with Crippen molar-refractivity contribution in [2.24, 2.45) is 0 Å². The van der Waals surface area contributed by atoms with E-state index in [1.807, 2.05) is 6.07 Å². The molecule has 4 heteroatoms. The topological polar surface area (TPSA) is 41.1 Å². The van der Waals surface area contributed by atoms with Crippen LogP contribution in [0.15, 0.2) is 24.3 Å². The second-order valence-electron chi connectivity index (χ2n) is 5.45. The minimum Gasteiger partial charge on any atom is -0.354 e. The fourth-order valence-corrected chi connectivity index (χ4v) is 2.70. The number of carbonyl (C=O) groups is 1. The maximum absolute atomic E-state index is 13.4. The fraction of sp³-hybridized carbons (Fsp3) is 0.562. The van der Waals surface area contributed by atoms with Gasteiger partial charge in [0.2, 0.25) is 5.91 Å². The van der Waals surface area contributed by atoms with Crippen molar-refractivity contribution in [3.8, 4) is 0 Å². The third-order valence-corrected chi connectivity index (χ3v) is 4.03. The molecule has 0 unspecified atom stereocenters. The van der Waals surface area contributed by atoms with Crippen LogP contribution in [-0.2, 0) is 10.2 Å². The number of hydrogen-bond acceptors (Lipinski definition) is 2. The highest BCUT2D eigenvalue weighted by molar-refractivity contribution is 5.89. The van der Waals surface area contributed by atoms with Gasteiger partial charge in [0.25, 0.3) is 0 Å². The molecule has 1 amide bonds. The molecule has 0 bridgehead atoms. The predicted molar refractivity (Wildman–Crippen MR) is 78.1 cm³/mol. The van der Waals surface area contributed by atoms with Gasteiger partial charge >= 0.3 is 0 Å². The van der Waals surface area contributed by atoms with E-state index in [4.69, 9.17) is 0 Å². The van der Waals surface area contributed by atoms with Crippen LogP contribution in [0.2, 0.25) is 0 Å². The minimum atomic E-state index is -0.507. The van der Waals surface area contributed by atoms with Gasteiger partial charge in [-0.05, 0) is 43.5 Å². The molecule has 1 saturated carbocycles. The van der Waals surface area contributed by atoms with Gasteiger partial charge in [-0.1, -0.05) is 25.5 Å². The lowest BCUT2D eigenvalue weighted by molar-refractivity contribution is -0.129. The monoisotopic (exact) mass is 278 g/mol. The van der Waals surface area contributed by atoms with E-state index in [9.17, 15) is 9.18 Å². The van der Waals surface area contributed by atoms with Gasteiger partial charge in [0, 0.05) is 13.1 Å². The molecule has 0 heterocycles. The summed E-state index contributed by atoms with van der Waals surface area (Å²) in [6.07, 6.45) is 3.73. The largest absolute Gasteiger partial charge is 0.354 e. The summed E-state index contributed by atoms with van der Waals surface area (Å²) < 4.78 is 13.4. The quantitative estimate of drug-likeness (QED) is 0.752. The molecule has 1 aliphatic carbocycles. The van der Waals surface area contributed by atoms with Crippen LogP contribution < -0.4 is 10.6 Å². The van der Waals surface area contributed by atoms with Gasteiger partial charge in [-0.25, -0.2) is 4.39 Å². The van der Waals surface area contributed by atoms with Crippen LogP contribution in [-0.4, -0.2) is 25.5 Å². The Hall–Kier alpha value is -1.42. The van der Waals surface area contributed by atoms with Crippen molar-refractivity contribution < 1.29 is 9.18 Å². The molecule has 2 N–H and O–H groups in total. The third kappa shape index (κ3) is 3.18. The van der Waals surface area contributed by atoms with E-state index in [1.54, 1.807) is 6.07 Å². The lowest BCUT2D eigenvalue weighted by atomic mass is 9.64. The average molecular weight is 278 g/mol. The van der Waals surface area contributed by atoms with Gasteiger partial charge < -0.3 is 10.6 Å². The van der Waals surface area contributed by atoms with E-state index in [0.717, 1.165) is 44.3 Å². The standard InChI is InChI=1S/C16H23FN2O/c1-2-9-18-10-11-19-15(20)16(7-4-8-16)13-5-3-6-14(17)12-13/h3,5-6,12,18H,2,4,7-11H2,1H3,(H,19,20). The molecule has 1 aromatic rings. The van der Waals surface area contributed by atoms with Crippen LogP contribution in [0, 0.1) is 5.82 Å². The molecule has 0 atom stereocenters. The highest BCUT2D eigenvalue weighted by Gasteiger charge is 2.45. The van der Waals surface area contributed by atoms with E-state index >= 15 is 0 Å². The number of halogens is 1. The Kier molecular flexibility index (Phi) is 5.12. The Morgan fingerprint density at radius 3 is 2.70 bits per heavy atom. The lowest BCUT2D eigenvalue weighted by Crippen LogP contribution is -2.50. The summed E-state index contributed by atoms with van der Waals surface area (Å²) in [4.78, 5) is 12.4. The molecule has 0 radical (unpaired) electrons. The van der Waals surface area contributed by atoms with E-state index in [0.29, 0.717) is 6.54 Å². The summed E-state index contributed by atoms with van der Waals surface area (Å²) in [7, 11) is 0. The lowest BCUT2D eigenvalue weighted by Gasteiger charge is -2.40. The van der Waals surface area contributed by atoms with Crippen LogP contribution in [0.25, 0.3) is 0 Å². The van der Waals surface area contributed by atoms with Gasteiger partial charge in [-0.2, -0.15) is 0 Å². The molecule has 0 saturated heterocycles. The Bertz CT molecular complexity index is 458. The zero-order chi connectivity index (χ0) is 14.4. The number of carbonyl (C=O) groups excluding carboxylic acids is 1. The molecule has 0 aliphatic heterocycles. The molecule has 110 valence electrons. The van der Waals surface area contributed by atoms with Crippen molar-refractivity contribution in [2.75, 3.05) is 19.6 Å². The second kappa shape index (κ2) is 6.84. The number of benzene rings is 1. The smallest absolute Gasteiger partial charge is 0.230 e. The number of hydrogen-bond donors (Lipinski definition) is 2. The molecule has 0 aromatic heterocycles. The van der Waals surface area contributed by atoms with Crippen LogP contribution >= 0.6 is 0 Å². The van der Waals surface area contributed by atoms with E-state index in [2.05, 4.69) is 17.6 Å². The van der Waals surface area contributed by atoms with Gasteiger partial charge in [0.05, 0.1) is 5.41 Å². The summed E-state index contributed by atoms with van der Waals surface area (Å²) in [6.45, 7) is 4.47. The summed E-state index contributed by atoms with van der Waals surface area (Å²) in [5.74, 6) is -0.237. The van der Waals surface area contributed by atoms with Crippen molar-refractivity contribution in [3.63, 3.8) is 0 Å². The van der Waals surface area contributed by atoms with Crippen molar-refractivity contribution >= 4 is 5.91 Å². The molecule has 1 aliphatic rings. The van der Waals surface area contributed by atoms with E-state index < -0.39 is 5.41 Å². The van der Waals surface area contributed by atoms with E-state index in [-0.39, 0.29) is 11.7 Å². The first-order valence-electron chi connectivity index (χ1n) is 7.44. The number of nitrogens with one attached hydrogen (secondary N) is 2. The highest BCUT2D eigenvalue weighted by Crippen LogP contribution is 2.44. The Morgan fingerprint density at radius 1 is 1.30 bits per heavy atom. The zero-order valence-electron chi connectivity index (χ0n) is 12.0. The molecular weight excluding hydrogens is 255 g/mol. The summed E-state index contributed by atoms with van der Waals surface area (Å²) >= 11 is 0. The molecule has 1 aromatic carbocycles. The van der Waals surface area contributed by atoms with Crippen molar-refractivity contribution in [3.05, 3.63) is 35.6 Å². The molecule has 1 fully saturated rings. The van der Waals surface area contributed by atoms with Crippen LogP contribution in [0.5, 0.6) is 0 Å². The van der Waals surface area contributed by atoms with Gasteiger partial charge in [-0.15, -0.1) is 0 Å². The maximum Gasteiger partial charge on any atom is 0.230 e. The van der Waals surface area contributed by atoms with Gasteiger partial charge in [-0.3, -0.25) is 4.79 Å². The number of rotatable bonds is 7. The average Bonchev–Trinajstić information content (AvgIpc) is 2.37. The third-order valence-electron chi connectivity index (χ3n) is 4.03. The maximum atomic E-state index is 13.4. The van der Waals surface area contributed by atoms with Gasteiger partial charge in [0.15, 0.2) is 0 Å². The Balaban J connectivity index is 1.95. The van der Waals surface area contributed by atoms with Crippen molar-refractivity contribution in [2.45, 2.75) is 38.0 Å². The minimum absolute atomic E-state index is 0.0349. The molecule has 3 nitrogen and oxygen atoms in total. The van der Waals surface area contributed by atoms with Gasteiger partial charge in [0.1, 0.15) is 5.82 Å². The first-order valence-corrected chi connectivity index (χ1v) is 7.44. The fourth-order valence-electron chi connectivity index (χ4n) is 2.70. The molecule has 2 rings (SSSR count). The van der Waals surface area contributed by atoms with Crippen LogP contribution in [0.4, 0.5) is 4.39 Å². The highest BCUT2D eigenvalue weighted by atomic mass is 19.1. The van der Waals surface area contributed by atoms with Crippen molar-refractivity contribution in [1.29, 1.82) is 0 Å². The first kappa shape index (κ1) is 15.0. The Labute approximate surface area is 120 Å². The van der Waals surface area contributed by atoms with Crippen LogP contribution in [0.3, 0.4) is 0 Å². The second-order valence-corrected chi connectivity index (χ2v) is 5.45. The van der Waals surface area contributed by atoms with Crippen LogP contribution in [0.1, 0.15) is 38.2 Å². The Morgan fingerprint density at radius 2 is 2.10 bits per heavy atom. The summed E-state index contributed by atoms with van der Waals surface area (Å²) in [6, 6.07) is 6.45.